The number of fused-ring (bicyclic) bond motifs is 1. The summed E-state index contributed by atoms with van der Waals surface area (Å²) in [5, 5.41) is 12.9. The number of carboxylic acids is 1. The maximum atomic E-state index is 13.3. The van der Waals surface area contributed by atoms with E-state index in [4.69, 9.17) is 4.74 Å². The van der Waals surface area contributed by atoms with E-state index < -0.39 is 30.1 Å². The number of ether oxygens (including phenoxy) is 1. The maximum absolute atomic E-state index is 13.3. The largest absolute Gasteiger partial charge is 0.479 e. The summed E-state index contributed by atoms with van der Waals surface area (Å²) < 4.78 is 5.20. The molecule has 2 aromatic rings. The van der Waals surface area contributed by atoms with Crippen LogP contribution in [0.4, 0.5) is 0 Å². The fourth-order valence-electron chi connectivity index (χ4n) is 4.16. The molecule has 1 amide bonds. The lowest BCUT2D eigenvalue weighted by atomic mass is 9.92. The molecule has 0 aromatic heterocycles. The molecule has 7 heteroatoms. The summed E-state index contributed by atoms with van der Waals surface area (Å²) in [7, 11) is 0. The Morgan fingerprint density at radius 3 is 2.50 bits per heavy atom. The second kappa shape index (κ2) is 10.9. The first-order valence-corrected chi connectivity index (χ1v) is 11.0. The maximum Gasteiger partial charge on any atom is 0.331 e. The van der Waals surface area contributed by atoms with Crippen molar-refractivity contribution in [1.82, 2.24) is 10.2 Å². The summed E-state index contributed by atoms with van der Waals surface area (Å²) >= 11 is 0. The SMILES string of the molecule is CCOC(=O)C(CCc1ccccc1)N[C@@H](C)C(=O)N1CCc2ccccc2[C@H]1C(=O)O. The van der Waals surface area contributed by atoms with Crippen LogP contribution in [0.5, 0.6) is 0 Å². The van der Waals surface area contributed by atoms with Crippen molar-refractivity contribution in [1.29, 1.82) is 0 Å². The Kier molecular flexibility index (Phi) is 8.00. The first-order valence-electron chi connectivity index (χ1n) is 11.0. The molecular weight excluding hydrogens is 408 g/mol. The van der Waals surface area contributed by atoms with Gasteiger partial charge in [0, 0.05) is 6.54 Å². The lowest BCUT2D eigenvalue weighted by Crippen LogP contribution is -2.54. The summed E-state index contributed by atoms with van der Waals surface area (Å²) in [5.74, 6) is -1.83. The molecule has 170 valence electrons. The number of hydrogen-bond acceptors (Lipinski definition) is 5. The predicted molar refractivity (Wildman–Crippen MR) is 120 cm³/mol. The molecule has 1 unspecified atom stereocenters. The molecule has 0 spiro atoms. The molecule has 0 aliphatic carbocycles. The van der Waals surface area contributed by atoms with Crippen molar-refractivity contribution < 1.29 is 24.2 Å². The molecule has 2 N–H and O–H groups in total. The number of aliphatic carboxylic acids is 1. The van der Waals surface area contributed by atoms with E-state index in [1.165, 1.54) is 4.90 Å². The summed E-state index contributed by atoms with van der Waals surface area (Å²) in [6.07, 6.45) is 1.70. The first-order chi connectivity index (χ1) is 15.4. The standard InChI is InChI=1S/C25H30N2O5/c1-3-32-25(31)21(14-13-18-9-5-4-6-10-18)26-17(2)23(28)27-16-15-19-11-7-8-12-20(19)22(27)24(29)30/h4-12,17,21-22,26H,3,13-16H2,1-2H3,(H,29,30)/t17-,21?,22-/m0/s1. The molecule has 3 rings (SSSR count). The molecule has 1 heterocycles. The van der Waals surface area contributed by atoms with E-state index in [0.29, 0.717) is 31.4 Å². The highest BCUT2D eigenvalue weighted by Gasteiger charge is 2.38. The van der Waals surface area contributed by atoms with Gasteiger partial charge >= 0.3 is 11.9 Å². The van der Waals surface area contributed by atoms with Gasteiger partial charge in [0.2, 0.25) is 5.91 Å². The Balaban J connectivity index is 1.73. The van der Waals surface area contributed by atoms with E-state index >= 15 is 0 Å². The zero-order chi connectivity index (χ0) is 23.1. The Bertz CT molecular complexity index is 946. The van der Waals surface area contributed by atoms with Crippen LogP contribution in [0.25, 0.3) is 0 Å². The minimum absolute atomic E-state index is 0.245. The Labute approximate surface area is 188 Å². The van der Waals surface area contributed by atoms with Gasteiger partial charge in [-0.15, -0.1) is 0 Å². The zero-order valence-electron chi connectivity index (χ0n) is 18.5. The van der Waals surface area contributed by atoms with Gasteiger partial charge in [-0.25, -0.2) is 4.79 Å². The van der Waals surface area contributed by atoms with Gasteiger partial charge in [0.15, 0.2) is 6.04 Å². The number of esters is 1. The van der Waals surface area contributed by atoms with Gasteiger partial charge in [0.05, 0.1) is 12.6 Å². The van der Waals surface area contributed by atoms with Crippen molar-refractivity contribution >= 4 is 17.8 Å². The average molecular weight is 439 g/mol. The second-order valence-corrected chi connectivity index (χ2v) is 7.94. The van der Waals surface area contributed by atoms with Crippen LogP contribution in [0, 0.1) is 0 Å². The third-order valence-electron chi connectivity index (χ3n) is 5.76. The summed E-state index contributed by atoms with van der Waals surface area (Å²) in [6, 6.07) is 14.6. The Morgan fingerprint density at radius 1 is 1.12 bits per heavy atom. The number of hydrogen-bond donors (Lipinski definition) is 2. The predicted octanol–water partition coefficient (Wildman–Crippen LogP) is 2.74. The van der Waals surface area contributed by atoms with Crippen molar-refractivity contribution in [3.05, 3.63) is 71.3 Å². The number of carbonyl (C=O) groups is 3. The van der Waals surface area contributed by atoms with Crippen LogP contribution in [0.3, 0.4) is 0 Å². The van der Waals surface area contributed by atoms with Gasteiger partial charge in [0.1, 0.15) is 6.04 Å². The van der Waals surface area contributed by atoms with Crippen LogP contribution >= 0.6 is 0 Å². The summed E-state index contributed by atoms with van der Waals surface area (Å²) in [5.41, 5.74) is 2.66. The number of aryl methyl sites for hydroxylation is 1. The number of carboxylic acid groups (broad SMARTS) is 1. The van der Waals surface area contributed by atoms with Gasteiger partial charge in [-0.2, -0.15) is 0 Å². The molecule has 1 aliphatic rings. The van der Waals surface area contributed by atoms with Crippen LogP contribution in [0.2, 0.25) is 0 Å². The highest BCUT2D eigenvalue weighted by Crippen LogP contribution is 2.30. The van der Waals surface area contributed by atoms with Gasteiger partial charge in [0.25, 0.3) is 0 Å². The van der Waals surface area contributed by atoms with E-state index in [2.05, 4.69) is 5.32 Å². The highest BCUT2D eigenvalue weighted by molar-refractivity contribution is 5.89. The molecule has 32 heavy (non-hydrogen) atoms. The third kappa shape index (κ3) is 5.53. The molecule has 2 aromatic carbocycles. The van der Waals surface area contributed by atoms with Gasteiger partial charge in [-0.05, 0) is 49.8 Å². The Morgan fingerprint density at radius 2 is 1.81 bits per heavy atom. The quantitative estimate of drug-likeness (QED) is 0.585. The fourth-order valence-corrected chi connectivity index (χ4v) is 4.16. The van der Waals surface area contributed by atoms with Crippen molar-refractivity contribution in [3.8, 4) is 0 Å². The topological polar surface area (TPSA) is 95.9 Å². The molecule has 0 radical (unpaired) electrons. The zero-order valence-corrected chi connectivity index (χ0v) is 18.5. The molecule has 0 fully saturated rings. The smallest absolute Gasteiger partial charge is 0.331 e. The molecular formula is C25H30N2O5. The summed E-state index contributed by atoms with van der Waals surface area (Å²) in [4.78, 5) is 39.2. The van der Waals surface area contributed by atoms with Gasteiger partial charge in [-0.3, -0.25) is 14.9 Å². The van der Waals surface area contributed by atoms with Crippen LogP contribution < -0.4 is 5.32 Å². The molecule has 1 aliphatic heterocycles. The minimum atomic E-state index is -1.07. The molecule has 0 saturated heterocycles. The third-order valence-corrected chi connectivity index (χ3v) is 5.76. The number of nitrogens with zero attached hydrogens (tertiary/aromatic N) is 1. The highest BCUT2D eigenvalue weighted by atomic mass is 16.5. The lowest BCUT2D eigenvalue weighted by molar-refractivity contribution is -0.153. The molecule has 3 atom stereocenters. The Hall–Kier alpha value is -3.19. The summed E-state index contributed by atoms with van der Waals surface area (Å²) in [6.45, 7) is 3.96. The van der Waals surface area contributed by atoms with Crippen LogP contribution in [0.1, 0.15) is 43.0 Å². The second-order valence-electron chi connectivity index (χ2n) is 7.94. The van der Waals surface area contributed by atoms with Crippen molar-refractivity contribution in [3.63, 3.8) is 0 Å². The average Bonchev–Trinajstić information content (AvgIpc) is 2.80. The number of amides is 1. The van der Waals surface area contributed by atoms with E-state index in [9.17, 15) is 19.5 Å². The first kappa shape index (κ1) is 23.5. The molecule has 0 bridgehead atoms. The molecule has 0 saturated carbocycles. The van der Waals surface area contributed by atoms with E-state index in [-0.39, 0.29) is 12.5 Å². The fraction of sp³-hybridized carbons (Fsp3) is 0.400. The van der Waals surface area contributed by atoms with Crippen molar-refractivity contribution in [2.45, 2.75) is 51.2 Å². The van der Waals surface area contributed by atoms with Gasteiger partial charge < -0.3 is 14.7 Å². The minimum Gasteiger partial charge on any atom is -0.479 e. The van der Waals surface area contributed by atoms with Crippen molar-refractivity contribution in [2.24, 2.45) is 0 Å². The van der Waals surface area contributed by atoms with Crippen LogP contribution in [-0.4, -0.2) is 53.1 Å². The molecule has 7 nitrogen and oxygen atoms in total. The van der Waals surface area contributed by atoms with E-state index in [1.54, 1.807) is 26.0 Å². The van der Waals surface area contributed by atoms with Crippen molar-refractivity contribution in [2.75, 3.05) is 13.2 Å². The normalized spacial score (nSPS) is 17.2. The monoisotopic (exact) mass is 438 g/mol. The van der Waals surface area contributed by atoms with Crippen LogP contribution in [0.15, 0.2) is 54.6 Å². The number of nitrogens with one attached hydrogen (secondary N) is 1. The van der Waals surface area contributed by atoms with Crippen LogP contribution in [-0.2, 0) is 32.0 Å². The van der Waals surface area contributed by atoms with E-state index in [0.717, 1.165) is 11.1 Å². The number of carbonyl (C=O) groups excluding carboxylic acids is 2. The number of rotatable bonds is 9. The lowest BCUT2D eigenvalue weighted by Gasteiger charge is -2.37. The van der Waals surface area contributed by atoms with E-state index in [1.807, 2.05) is 42.5 Å². The number of benzene rings is 2. The van der Waals surface area contributed by atoms with Gasteiger partial charge in [-0.1, -0.05) is 54.6 Å².